The van der Waals surface area contributed by atoms with Crippen molar-refractivity contribution in [2.45, 2.75) is 25.0 Å². The molecule has 2 atom stereocenters. The van der Waals surface area contributed by atoms with Gasteiger partial charge in [-0.3, -0.25) is 0 Å². The second-order valence-corrected chi connectivity index (χ2v) is 4.34. The van der Waals surface area contributed by atoms with Crippen LogP contribution in [0.25, 0.3) is 0 Å². The van der Waals surface area contributed by atoms with E-state index in [-0.39, 0.29) is 5.25 Å². The molecule has 3 nitrogen and oxygen atoms in total. The summed E-state index contributed by atoms with van der Waals surface area (Å²) < 4.78 is 20.2. The van der Waals surface area contributed by atoms with Gasteiger partial charge in [0.2, 0.25) is 0 Å². The fraction of sp³-hybridized carbons (Fsp3) is 0.400. The molecule has 0 fully saturated rings. The Morgan fingerprint density at radius 2 is 2.00 bits per heavy atom. The van der Waals surface area contributed by atoms with Crippen molar-refractivity contribution in [1.82, 2.24) is 0 Å². The van der Waals surface area contributed by atoms with Crippen molar-refractivity contribution in [3.8, 4) is 0 Å². The molecule has 4 heteroatoms. The van der Waals surface area contributed by atoms with Crippen LogP contribution in [-0.4, -0.2) is 8.76 Å². The normalized spacial score (nSPS) is 15.0. The summed E-state index contributed by atoms with van der Waals surface area (Å²) in [5, 5.41) is -0.291. The molecule has 0 aromatic heterocycles. The zero-order chi connectivity index (χ0) is 10.6. The number of hydrogen-bond donors (Lipinski definition) is 2. The van der Waals surface area contributed by atoms with Gasteiger partial charge in [-0.1, -0.05) is 25.5 Å². The van der Waals surface area contributed by atoms with Gasteiger partial charge >= 0.3 is 0 Å². The Bertz CT molecular complexity index is 310. The molecule has 0 aliphatic rings. The van der Waals surface area contributed by atoms with E-state index in [1.54, 1.807) is 12.1 Å². The van der Waals surface area contributed by atoms with Gasteiger partial charge in [0.25, 0.3) is 0 Å². The number of hydrogen-bond acceptors (Lipinski definition) is 2. The first-order chi connectivity index (χ1) is 6.65. The molecule has 14 heavy (non-hydrogen) atoms. The minimum atomic E-state index is -1.80. The molecular weight excluding hydrogens is 198 g/mol. The molecule has 1 rings (SSSR count). The van der Waals surface area contributed by atoms with E-state index in [0.29, 0.717) is 12.1 Å². The van der Waals surface area contributed by atoms with Gasteiger partial charge in [0.05, 0.1) is 5.25 Å². The van der Waals surface area contributed by atoms with Gasteiger partial charge < -0.3 is 10.3 Å². The fourth-order valence-corrected chi connectivity index (χ4v) is 2.18. The van der Waals surface area contributed by atoms with Crippen LogP contribution >= 0.6 is 0 Å². The Morgan fingerprint density at radius 3 is 2.43 bits per heavy atom. The zero-order valence-corrected chi connectivity index (χ0v) is 8.96. The molecule has 0 aliphatic heterocycles. The average Bonchev–Trinajstić information content (AvgIpc) is 2.15. The Morgan fingerprint density at radius 1 is 1.43 bits per heavy atom. The molecule has 2 unspecified atom stereocenters. The topological polar surface area (TPSA) is 63.3 Å². The molecule has 0 radical (unpaired) electrons. The Balaban J connectivity index is 2.87. The summed E-state index contributed by atoms with van der Waals surface area (Å²) in [6.45, 7) is 2.00. The third kappa shape index (κ3) is 2.82. The van der Waals surface area contributed by atoms with Crippen molar-refractivity contribution in [1.29, 1.82) is 0 Å². The molecule has 1 aromatic carbocycles. The van der Waals surface area contributed by atoms with Gasteiger partial charge in [-0.2, -0.15) is 0 Å². The van der Waals surface area contributed by atoms with Gasteiger partial charge in [-0.15, -0.1) is 0 Å². The number of nitrogens with two attached hydrogens (primary N) is 1. The molecule has 0 heterocycles. The van der Waals surface area contributed by atoms with Crippen LogP contribution in [0.2, 0.25) is 0 Å². The lowest BCUT2D eigenvalue weighted by molar-refractivity contribution is 0.542. The van der Waals surface area contributed by atoms with E-state index in [0.717, 1.165) is 12.0 Å². The van der Waals surface area contributed by atoms with E-state index in [1.165, 1.54) is 0 Å². The van der Waals surface area contributed by atoms with E-state index >= 15 is 0 Å². The highest BCUT2D eigenvalue weighted by atomic mass is 32.2. The first kappa shape index (κ1) is 11.2. The predicted molar refractivity (Wildman–Crippen MR) is 59.3 cm³/mol. The molecule has 0 amide bonds. The minimum Gasteiger partial charge on any atom is -0.399 e. The lowest BCUT2D eigenvalue weighted by Crippen LogP contribution is -2.05. The molecule has 0 aliphatic carbocycles. The van der Waals surface area contributed by atoms with E-state index in [2.05, 4.69) is 0 Å². The van der Waals surface area contributed by atoms with Gasteiger partial charge in [0, 0.05) is 5.69 Å². The standard InChI is InChI=1S/C10H15NO2S/c1-2-3-10(14(12)13)8-4-6-9(11)7-5-8/h4-7,10H,2-3,11H2,1H3,(H,12,13). The first-order valence-electron chi connectivity index (χ1n) is 4.60. The molecule has 1 aromatic rings. The van der Waals surface area contributed by atoms with Crippen LogP contribution in [0.15, 0.2) is 24.3 Å². The van der Waals surface area contributed by atoms with E-state index in [9.17, 15) is 4.21 Å². The molecule has 0 bridgehead atoms. The third-order valence-electron chi connectivity index (χ3n) is 2.10. The first-order valence-corrected chi connectivity index (χ1v) is 5.77. The third-order valence-corrected chi connectivity index (χ3v) is 3.10. The Labute approximate surface area is 86.6 Å². The van der Waals surface area contributed by atoms with E-state index in [1.807, 2.05) is 19.1 Å². The van der Waals surface area contributed by atoms with Crippen molar-refractivity contribution in [2.75, 3.05) is 5.73 Å². The summed E-state index contributed by atoms with van der Waals surface area (Å²) in [7, 11) is 0. The molecule has 3 N–H and O–H groups in total. The zero-order valence-electron chi connectivity index (χ0n) is 8.14. The number of nitrogen functional groups attached to an aromatic ring is 1. The lowest BCUT2D eigenvalue weighted by Gasteiger charge is -2.12. The maximum Gasteiger partial charge on any atom is 0.160 e. The summed E-state index contributed by atoms with van der Waals surface area (Å²) in [4.78, 5) is 0. The van der Waals surface area contributed by atoms with Crippen molar-refractivity contribution in [3.63, 3.8) is 0 Å². The van der Waals surface area contributed by atoms with Crippen molar-refractivity contribution in [3.05, 3.63) is 29.8 Å². The Hall–Kier alpha value is -0.870. The number of rotatable bonds is 4. The maximum atomic E-state index is 11.1. The van der Waals surface area contributed by atoms with Crippen LogP contribution in [0.3, 0.4) is 0 Å². The van der Waals surface area contributed by atoms with Gasteiger partial charge in [0.1, 0.15) is 0 Å². The smallest absolute Gasteiger partial charge is 0.160 e. The van der Waals surface area contributed by atoms with E-state index in [4.69, 9.17) is 10.3 Å². The summed E-state index contributed by atoms with van der Waals surface area (Å²) in [5.41, 5.74) is 7.09. The highest BCUT2D eigenvalue weighted by Crippen LogP contribution is 2.24. The second kappa shape index (κ2) is 5.12. The van der Waals surface area contributed by atoms with Gasteiger partial charge in [-0.25, -0.2) is 4.21 Å². The largest absolute Gasteiger partial charge is 0.399 e. The summed E-state index contributed by atoms with van der Waals surface area (Å²) in [6.07, 6.45) is 1.61. The van der Waals surface area contributed by atoms with Crippen LogP contribution < -0.4 is 5.73 Å². The molecule has 78 valence electrons. The van der Waals surface area contributed by atoms with Crippen LogP contribution in [-0.2, 0) is 11.1 Å². The van der Waals surface area contributed by atoms with Crippen molar-refractivity contribution >= 4 is 16.8 Å². The van der Waals surface area contributed by atoms with Gasteiger partial charge in [0.15, 0.2) is 11.1 Å². The van der Waals surface area contributed by atoms with E-state index < -0.39 is 11.1 Å². The number of benzene rings is 1. The second-order valence-electron chi connectivity index (χ2n) is 3.22. The summed E-state index contributed by atoms with van der Waals surface area (Å²) in [6, 6.07) is 7.13. The minimum absolute atomic E-state index is 0.291. The van der Waals surface area contributed by atoms with Crippen LogP contribution in [0.4, 0.5) is 5.69 Å². The van der Waals surface area contributed by atoms with Crippen molar-refractivity contribution < 1.29 is 8.76 Å². The predicted octanol–water partition coefficient (Wildman–Crippen LogP) is 2.33. The molecule has 0 saturated carbocycles. The molecule has 0 saturated heterocycles. The molecule has 0 spiro atoms. The maximum absolute atomic E-state index is 11.1. The Kier molecular flexibility index (Phi) is 4.10. The number of anilines is 1. The summed E-state index contributed by atoms with van der Waals surface area (Å²) >= 11 is -1.80. The lowest BCUT2D eigenvalue weighted by atomic mass is 10.1. The monoisotopic (exact) mass is 213 g/mol. The summed E-state index contributed by atoms with van der Waals surface area (Å²) in [5.74, 6) is 0. The van der Waals surface area contributed by atoms with Crippen LogP contribution in [0.5, 0.6) is 0 Å². The van der Waals surface area contributed by atoms with Crippen LogP contribution in [0.1, 0.15) is 30.6 Å². The van der Waals surface area contributed by atoms with Crippen LogP contribution in [0, 0.1) is 0 Å². The average molecular weight is 213 g/mol. The van der Waals surface area contributed by atoms with Crippen molar-refractivity contribution in [2.24, 2.45) is 0 Å². The fourth-order valence-electron chi connectivity index (χ4n) is 1.36. The highest BCUT2D eigenvalue weighted by molar-refractivity contribution is 7.79. The SMILES string of the molecule is CCCC(c1ccc(N)cc1)S(=O)O. The van der Waals surface area contributed by atoms with Gasteiger partial charge in [-0.05, 0) is 24.1 Å². The molecular formula is C10H15NO2S. The highest BCUT2D eigenvalue weighted by Gasteiger charge is 2.15. The quantitative estimate of drug-likeness (QED) is 0.596.